The molecule has 1 heterocycles. The number of rotatable bonds is 5. The molecule has 6 nitrogen and oxygen atoms in total. The van der Waals surface area contributed by atoms with Crippen molar-refractivity contribution in [2.24, 2.45) is 17.8 Å². The lowest BCUT2D eigenvalue weighted by Crippen LogP contribution is -2.27. The molecule has 2 aromatic rings. The van der Waals surface area contributed by atoms with Gasteiger partial charge in [0.25, 0.3) is 0 Å². The second-order valence-electron chi connectivity index (χ2n) is 6.08. The van der Waals surface area contributed by atoms with Gasteiger partial charge in [0.05, 0.1) is 18.8 Å². The van der Waals surface area contributed by atoms with Crippen LogP contribution < -0.4 is 11.1 Å². The molecule has 0 spiro atoms. The highest BCUT2D eigenvalue weighted by atomic mass is 15.2. The van der Waals surface area contributed by atoms with Crippen molar-refractivity contribution >= 4 is 11.6 Å². The van der Waals surface area contributed by atoms with Gasteiger partial charge in [0.1, 0.15) is 0 Å². The molecule has 1 unspecified atom stereocenters. The first-order valence-corrected chi connectivity index (χ1v) is 7.66. The van der Waals surface area contributed by atoms with Gasteiger partial charge >= 0.3 is 0 Å². The first kappa shape index (κ1) is 17.0. The summed E-state index contributed by atoms with van der Waals surface area (Å²) >= 11 is 0. The lowest BCUT2D eigenvalue weighted by molar-refractivity contribution is 0.306. The van der Waals surface area contributed by atoms with Crippen LogP contribution in [0.15, 0.2) is 35.6 Å². The zero-order valence-electron chi connectivity index (χ0n) is 14.5. The van der Waals surface area contributed by atoms with Gasteiger partial charge in [0, 0.05) is 24.5 Å². The Morgan fingerprint density at radius 1 is 1.35 bits per heavy atom. The van der Waals surface area contributed by atoms with Crippen LogP contribution in [0.3, 0.4) is 0 Å². The van der Waals surface area contributed by atoms with Crippen molar-refractivity contribution in [3.63, 3.8) is 0 Å². The molecule has 0 aliphatic rings. The zero-order valence-corrected chi connectivity index (χ0v) is 14.5. The minimum atomic E-state index is 0.142. The second-order valence-corrected chi connectivity index (χ2v) is 6.08. The topological polar surface area (TPSA) is 71.5 Å². The molecular formula is C17H26N6. The fraction of sp³-hybridized carbons (Fsp3) is 0.412. The number of aliphatic imine (C=N–C) groups is 1. The van der Waals surface area contributed by atoms with E-state index in [9.17, 15) is 0 Å². The highest BCUT2D eigenvalue weighted by Crippen LogP contribution is 2.18. The van der Waals surface area contributed by atoms with E-state index in [1.54, 1.807) is 4.68 Å². The summed E-state index contributed by atoms with van der Waals surface area (Å²) in [5, 5.41) is 7.38. The van der Waals surface area contributed by atoms with E-state index in [2.05, 4.69) is 46.3 Å². The molecule has 3 N–H and O–H groups in total. The van der Waals surface area contributed by atoms with E-state index >= 15 is 0 Å². The molecule has 1 aromatic heterocycles. The van der Waals surface area contributed by atoms with Crippen molar-refractivity contribution in [3.05, 3.63) is 47.3 Å². The minimum absolute atomic E-state index is 0.142. The van der Waals surface area contributed by atoms with E-state index in [0.29, 0.717) is 12.5 Å². The third kappa shape index (κ3) is 4.56. The minimum Gasteiger partial charge on any atom is -0.370 e. The predicted octanol–water partition coefficient (Wildman–Crippen LogP) is 2.07. The SMILES string of the molecule is Cc1ccc(NC(N)=NCC(c2cnn(C)c2)N(C)C)cc1C. The van der Waals surface area contributed by atoms with E-state index in [-0.39, 0.29) is 6.04 Å². The summed E-state index contributed by atoms with van der Waals surface area (Å²) in [5.74, 6) is 0.420. The Morgan fingerprint density at radius 3 is 2.65 bits per heavy atom. The average molecular weight is 314 g/mol. The first-order chi connectivity index (χ1) is 10.9. The standard InChI is InChI=1S/C17H26N6/c1-12-6-7-15(8-13(12)2)21-17(18)19-10-16(22(3)4)14-9-20-23(5)11-14/h6-9,11,16H,10H2,1-5H3,(H3,18,19,21). The Bertz CT molecular complexity index is 686. The lowest BCUT2D eigenvalue weighted by Gasteiger charge is -2.21. The molecule has 0 aliphatic carbocycles. The van der Waals surface area contributed by atoms with Gasteiger partial charge in [0.15, 0.2) is 5.96 Å². The van der Waals surface area contributed by atoms with E-state index in [1.165, 1.54) is 11.1 Å². The molecule has 124 valence electrons. The zero-order chi connectivity index (χ0) is 17.0. The number of benzene rings is 1. The number of anilines is 1. The van der Waals surface area contributed by atoms with Crippen molar-refractivity contribution in [1.29, 1.82) is 0 Å². The molecule has 2 rings (SSSR count). The van der Waals surface area contributed by atoms with Crippen LogP contribution >= 0.6 is 0 Å². The molecule has 1 aromatic carbocycles. The molecule has 0 saturated carbocycles. The van der Waals surface area contributed by atoms with E-state index in [1.807, 2.05) is 39.6 Å². The molecule has 0 radical (unpaired) electrons. The van der Waals surface area contributed by atoms with Crippen LogP contribution in [0.1, 0.15) is 22.7 Å². The Morgan fingerprint density at radius 2 is 2.09 bits per heavy atom. The predicted molar refractivity (Wildman–Crippen MR) is 95.7 cm³/mol. The normalized spacial score (nSPS) is 13.4. The Hall–Kier alpha value is -2.34. The summed E-state index contributed by atoms with van der Waals surface area (Å²) in [4.78, 5) is 6.60. The first-order valence-electron chi connectivity index (χ1n) is 7.66. The third-order valence-electron chi connectivity index (χ3n) is 3.95. The molecule has 0 saturated heterocycles. The van der Waals surface area contributed by atoms with Gasteiger partial charge in [0.2, 0.25) is 0 Å². The number of aryl methyl sites for hydroxylation is 3. The summed E-state index contributed by atoms with van der Waals surface area (Å²) in [7, 11) is 5.97. The summed E-state index contributed by atoms with van der Waals surface area (Å²) in [6.45, 7) is 4.74. The van der Waals surface area contributed by atoms with E-state index in [4.69, 9.17) is 5.73 Å². The number of likely N-dealkylation sites (N-methyl/N-ethyl adjacent to an activating group) is 1. The largest absolute Gasteiger partial charge is 0.370 e. The molecule has 6 heteroatoms. The number of guanidine groups is 1. The molecule has 1 atom stereocenters. The van der Waals surface area contributed by atoms with Crippen LogP contribution in [0.25, 0.3) is 0 Å². The van der Waals surface area contributed by atoms with E-state index < -0.39 is 0 Å². The highest BCUT2D eigenvalue weighted by Gasteiger charge is 2.15. The smallest absolute Gasteiger partial charge is 0.193 e. The maximum atomic E-state index is 6.03. The lowest BCUT2D eigenvalue weighted by atomic mass is 10.1. The van der Waals surface area contributed by atoms with Crippen LogP contribution in [-0.2, 0) is 7.05 Å². The summed E-state index contributed by atoms with van der Waals surface area (Å²) in [6, 6.07) is 6.30. The van der Waals surface area contributed by atoms with Crippen molar-refractivity contribution in [2.75, 3.05) is 26.0 Å². The number of nitrogens with two attached hydrogens (primary N) is 1. The van der Waals surface area contributed by atoms with Gasteiger partial charge in [-0.2, -0.15) is 5.10 Å². The van der Waals surface area contributed by atoms with Crippen molar-refractivity contribution in [2.45, 2.75) is 19.9 Å². The third-order valence-corrected chi connectivity index (χ3v) is 3.95. The molecular weight excluding hydrogens is 288 g/mol. The van der Waals surface area contributed by atoms with Crippen LogP contribution in [-0.4, -0.2) is 41.3 Å². The second kappa shape index (κ2) is 7.28. The van der Waals surface area contributed by atoms with Crippen LogP contribution in [0.2, 0.25) is 0 Å². The van der Waals surface area contributed by atoms with Crippen LogP contribution in [0, 0.1) is 13.8 Å². The van der Waals surface area contributed by atoms with Gasteiger partial charge in [-0.15, -0.1) is 0 Å². The number of aromatic nitrogens is 2. The highest BCUT2D eigenvalue weighted by molar-refractivity contribution is 5.92. The fourth-order valence-corrected chi connectivity index (χ4v) is 2.37. The van der Waals surface area contributed by atoms with E-state index in [0.717, 1.165) is 11.3 Å². The van der Waals surface area contributed by atoms with Crippen molar-refractivity contribution in [1.82, 2.24) is 14.7 Å². The fourth-order valence-electron chi connectivity index (χ4n) is 2.37. The maximum absolute atomic E-state index is 6.03. The van der Waals surface area contributed by atoms with Gasteiger partial charge in [-0.05, 0) is 51.2 Å². The Balaban J connectivity index is 2.05. The van der Waals surface area contributed by atoms with Crippen LogP contribution in [0.4, 0.5) is 5.69 Å². The number of nitrogens with zero attached hydrogens (tertiary/aromatic N) is 4. The quantitative estimate of drug-likeness (QED) is 0.654. The molecule has 0 aliphatic heterocycles. The van der Waals surface area contributed by atoms with Gasteiger partial charge in [-0.25, -0.2) is 0 Å². The molecule has 23 heavy (non-hydrogen) atoms. The number of hydrogen-bond acceptors (Lipinski definition) is 3. The van der Waals surface area contributed by atoms with Crippen molar-refractivity contribution < 1.29 is 0 Å². The summed E-state index contributed by atoms with van der Waals surface area (Å²) in [5.41, 5.74) is 10.6. The van der Waals surface area contributed by atoms with Gasteiger partial charge in [-0.3, -0.25) is 9.67 Å². The van der Waals surface area contributed by atoms with Crippen molar-refractivity contribution in [3.8, 4) is 0 Å². The molecule has 0 fully saturated rings. The summed E-state index contributed by atoms with van der Waals surface area (Å²) in [6.07, 6.45) is 3.88. The monoisotopic (exact) mass is 314 g/mol. The summed E-state index contributed by atoms with van der Waals surface area (Å²) < 4.78 is 1.80. The van der Waals surface area contributed by atoms with Gasteiger partial charge in [-0.1, -0.05) is 6.07 Å². The maximum Gasteiger partial charge on any atom is 0.193 e. The Kier molecular flexibility index (Phi) is 5.39. The number of nitrogens with one attached hydrogen (secondary N) is 1. The van der Waals surface area contributed by atoms with Gasteiger partial charge < -0.3 is 16.0 Å². The number of hydrogen-bond donors (Lipinski definition) is 2. The molecule has 0 bridgehead atoms. The molecule has 0 amide bonds. The Labute approximate surface area is 138 Å². The van der Waals surface area contributed by atoms with Crippen LogP contribution in [0.5, 0.6) is 0 Å². The average Bonchev–Trinajstić information content (AvgIpc) is 2.89.